The van der Waals surface area contributed by atoms with Crippen molar-refractivity contribution in [2.75, 3.05) is 12.1 Å². The molecule has 5 heteroatoms. The van der Waals surface area contributed by atoms with Crippen LogP contribution < -0.4 is 9.80 Å². The van der Waals surface area contributed by atoms with E-state index in [0.717, 1.165) is 10.6 Å². The topological polar surface area (TPSA) is 32.7 Å². The third-order valence-electron chi connectivity index (χ3n) is 2.91. The van der Waals surface area contributed by atoms with Gasteiger partial charge in [-0.15, -0.1) is 0 Å². The molecular weight excluding hydrogens is 281 g/mol. The molecule has 0 aliphatic rings. The summed E-state index contributed by atoms with van der Waals surface area (Å²) in [7, 11) is 1.49. The molecule has 0 amide bonds. The van der Waals surface area contributed by atoms with E-state index in [2.05, 4.69) is 0 Å². The van der Waals surface area contributed by atoms with E-state index in [-0.39, 0.29) is 12.4 Å². The van der Waals surface area contributed by atoms with Crippen LogP contribution in [0.2, 0.25) is 5.02 Å². The second kappa shape index (κ2) is 6.11. The van der Waals surface area contributed by atoms with E-state index in [4.69, 9.17) is 16.3 Å². The van der Waals surface area contributed by atoms with Crippen LogP contribution in [0.5, 0.6) is 5.75 Å². The van der Waals surface area contributed by atoms with Gasteiger partial charge in [-0.1, -0.05) is 23.7 Å². The number of benzene rings is 2. The Morgan fingerprint density at radius 2 is 2.05 bits per heavy atom. The highest BCUT2D eigenvalue weighted by atomic mass is 35.5. The molecule has 0 aliphatic carbocycles. The third-order valence-corrected chi connectivity index (χ3v) is 3.22. The molecule has 106 valence electrons. The van der Waals surface area contributed by atoms with E-state index < -0.39 is 0 Å². The van der Waals surface area contributed by atoms with Gasteiger partial charge in [0, 0.05) is 12.6 Å². The van der Waals surface area contributed by atoms with Crippen molar-refractivity contribution >= 4 is 17.3 Å². The number of nitrogens with zero attached hydrogens (tertiary/aromatic N) is 1. The third kappa shape index (κ3) is 3.21. The molecule has 2 aromatic carbocycles. The predicted octanol–water partition coefficient (Wildman–Crippen LogP) is 4.19. The van der Waals surface area contributed by atoms with Crippen molar-refractivity contribution in [2.24, 2.45) is 0 Å². The Morgan fingerprint density at radius 3 is 2.70 bits per heavy atom. The van der Waals surface area contributed by atoms with Crippen LogP contribution in [0.1, 0.15) is 11.1 Å². The van der Waals surface area contributed by atoms with Crippen LogP contribution in [0.25, 0.3) is 0 Å². The van der Waals surface area contributed by atoms with Crippen LogP contribution in [0.15, 0.2) is 36.4 Å². The molecule has 0 unspecified atom stereocenters. The number of hydrogen-bond acceptors (Lipinski definition) is 3. The Balaban J connectivity index is 2.21. The van der Waals surface area contributed by atoms with Gasteiger partial charge in [-0.3, -0.25) is 10.3 Å². The molecule has 0 aliphatic heterocycles. The first kappa shape index (κ1) is 14.6. The van der Waals surface area contributed by atoms with Crippen molar-refractivity contribution in [2.45, 2.75) is 13.5 Å². The summed E-state index contributed by atoms with van der Waals surface area (Å²) in [5, 5.41) is 11.0. The van der Waals surface area contributed by atoms with Crippen LogP contribution in [0, 0.1) is 12.7 Å². The zero-order chi connectivity index (χ0) is 14.7. The lowest BCUT2D eigenvalue weighted by atomic mass is 10.2. The van der Waals surface area contributed by atoms with E-state index in [1.165, 1.54) is 19.2 Å². The lowest BCUT2D eigenvalue weighted by Gasteiger charge is -2.18. The van der Waals surface area contributed by atoms with Gasteiger partial charge in [-0.05, 0) is 36.8 Å². The largest absolute Gasteiger partial charge is 0.489 e. The molecule has 0 heterocycles. The maximum atomic E-state index is 13.0. The molecule has 0 saturated carbocycles. The molecule has 0 aromatic heterocycles. The Morgan fingerprint density at radius 1 is 1.30 bits per heavy atom. The van der Waals surface area contributed by atoms with Crippen molar-refractivity contribution in [1.29, 1.82) is 0 Å². The zero-order valence-electron chi connectivity index (χ0n) is 11.2. The van der Waals surface area contributed by atoms with Crippen molar-refractivity contribution < 1.29 is 14.3 Å². The molecule has 1 N–H and O–H groups in total. The second-order valence-electron chi connectivity index (χ2n) is 4.47. The summed E-state index contributed by atoms with van der Waals surface area (Å²) in [5.74, 6) is 0.298. The lowest BCUT2D eigenvalue weighted by Crippen LogP contribution is -2.14. The molecule has 0 fully saturated rings. The van der Waals surface area contributed by atoms with Gasteiger partial charge in [-0.2, -0.15) is 0 Å². The Labute approximate surface area is 122 Å². The predicted molar refractivity (Wildman–Crippen MR) is 77.1 cm³/mol. The minimum absolute atomic E-state index is 0.229. The number of aryl methyl sites for hydroxylation is 1. The molecule has 0 atom stereocenters. The van der Waals surface area contributed by atoms with Crippen LogP contribution in [0.4, 0.5) is 10.1 Å². The summed E-state index contributed by atoms with van der Waals surface area (Å²) in [4.78, 5) is 0. The van der Waals surface area contributed by atoms with Gasteiger partial charge < -0.3 is 4.74 Å². The van der Waals surface area contributed by atoms with Crippen LogP contribution in [-0.2, 0) is 6.61 Å². The van der Waals surface area contributed by atoms with Gasteiger partial charge in [0.15, 0.2) is 0 Å². The molecule has 3 nitrogen and oxygen atoms in total. The fourth-order valence-electron chi connectivity index (χ4n) is 1.97. The van der Waals surface area contributed by atoms with Crippen LogP contribution in [-0.4, -0.2) is 12.3 Å². The first-order valence-electron chi connectivity index (χ1n) is 6.08. The highest BCUT2D eigenvalue weighted by molar-refractivity contribution is 6.33. The molecular formula is C15H15ClFNO2. The average Bonchev–Trinajstić information content (AvgIpc) is 2.37. The smallest absolute Gasteiger partial charge is 0.123 e. The van der Waals surface area contributed by atoms with Gasteiger partial charge in [0.05, 0.1) is 10.7 Å². The first-order chi connectivity index (χ1) is 9.49. The van der Waals surface area contributed by atoms with Crippen LogP contribution >= 0.6 is 11.6 Å². The van der Waals surface area contributed by atoms with Crippen LogP contribution in [0.3, 0.4) is 0 Å². The maximum absolute atomic E-state index is 13.0. The molecule has 0 saturated heterocycles. The number of halogens is 2. The van der Waals surface area contributed by atoms with E-state index >= 15 is 0 Å². The van der Waals surface area contributed by atoms with Crippen molar-refractivity contribution in [3.63, 3.8) is 0 Å². The zero-order valence-corrected chi connectivity index (χ0v) is 12.0. The minimum atomic E-state index is -0.298. The second-order valence-corrected chi connectivity index (χ2v) is 4.88. The van der Waals surface area contributed by atoms with Gasteiger partial charge in [0.25, 0.3) is 0 Å². The quantitative estimate of drug-likeness (QED) is 0.858. The molecule has 2 rings (SSSR count). The van der Waals surface area contributed by atoms with E-state index in [9.17, 15) is 9.60 Å². The summed E-state index contributed by atoms with van der Waals surface area (Å²) < 4.78 is 18.7. The average molecular weight is 296 g/mol. The van der Waals surface area contributed by atoms with E-state index in [1.54, 1.807) is 25.1 Å². The number of rotatable bonds is 4. The summed E-state index contributed by atoms with van der Waals surface area (Å²) in [5.41, 5.74) is 1.95. The fraction of sp³-hybridized carbons (Fsp3) is 0.200. The lowest BCUT2D eigenvalue weighted by molar-refractivity contribution is 0.270. The highest BCUT2D eigenvalue weighted by Gasteiger charge is 2.11. The van der Waals surface area contributed by atoms with Gasteiger partial charge in [0.1, 0.15) is 18.2 Å². The number of para-hydroxylation sites is 1. The molecule has 0 spiro atoms. The number of anilines is 1. The molecule has 0 radical (unpaired) electrons. The number of ether oxygens (including phenoxy) is 1. The number of hydrogen-bond donors (Lipinski definition) is 1. The van der Waals surface area contributed by atoms with Gasteiger partial charge in [0.2, 0.25) is 0 Å². The SMILES string of the molecule is Cc1cc(F)ccc1OCc1cccc(Cl)c1N(C)O. The van der Waals surface area contributed by atoms with Gasteiger partial charge in [-0.25, -0.2) is 4.39 Å². The monoisotopic (exact) mass is 295 g/mol. The fourth-order valence-corrected chi connectivity index (χ4v) is 2.29. The Hall–Kier alpha value is -1.78. The first-order valence-corrected chi connectivity index (χ1v) is 6.46. The van der Waals surface area contributed by atoms with Gasteiger partial charge >= 0.3 is 0 Å². The summed E-state index contributed by atoms with van der Waals surface area (Å²) >= 11 is 6.05. The summed E-state index contributed by atoms with van der Waals surface area (Å²) in [6, 6.07) is 9.62. The van der Waals surface area contributed by atoms with Crippen molar-refractivity contribution in [1.82, 2.24) is 0 Å². The van der Waals surface area contributed by atoms with E-state index in [1.807, 2.05) is 6.07 Å². The summed E-state index contributed by atoms with van der Waals surface area (Å²) in [6.45, 7) is 2.00. The normalized spacial score (nSPS) is 10.4. The maximum Gasteiger partial charge on any atom is 0.123 e. The molecule has 0 bridgehead atoms. The Kier molecular flexibility index (Phi) is 4.47. The molecule has 20 heavy (non-hydrogen) atoms. The van der Waals surface area contributed by atoms with E-state index in [0.29, 0.717) is 22.0 Å². The minimum Gasteiger partial charge on any atom is -0.489 e. The standard InChI is InChI=1S/C15H15ClFNO2/c1-10-8-12(17)6-7-14(10)20-9-11-4-3-5-13(16)15(11)18(2)19/h3-8,19H,9H2,1-2H3. The summed E-state index contributed by atoms with van der Waals surface area (Å²) in [6.07, 6.45) is 0. The van der Waals surface area contributed by atoms with Crippen molar-refractivity contribution in [3.05, 3.63) is 58.4 Å². The van der Waals surface area contributed by atoms with Crippen molar-refractivity contribution in [3.8, 4) is 5.75 Å². The highest BCUT2D eigenvalue weighted by Crippen LogP contribution is 2.29. The Bertz CT molecular complexity index is 617. The molecule has 2 aromatic rings. The number of hydroxylamine groups is 1.